The Kier molecular flexibility index (Phi) is 3.54. The van der Waals surface area contributed by atoms with Crippen LogP contribution in [0.5, 0.6) is 11.5 Å². The quantitative estimate of drug-likeness (QED) is 0.461. The summed E-state index contributed by atoms with van der Waals surface area (Å²) in [6, 6.07) is 13.8. The molecule has 2 heterocycles. The molecule has 2 aromatic heterocycles. The van der Waals surface area contributed by atoms with Gasteiger partial charge in [-0.3, -0.25) is 19.2 Å². The van der Waals surface area contributed by atoms with Crippen molar-refractivity contribution in [2.75, 3.05) is 0 Å². The smallest absolute Gasteiger partial charge is 0.266 e. The number of fused-ring (bicyclic) bond motifs is 2. The monoisotopic (exact) mass is 400 g/mol. The molecule has 3 aromatic carbocycles. The van der Waals surface area contributed by atoms with Gasteiger partial charge in [0.05, 0.1) is 32.9 Å². The van der Waals surface area contributed by atoms with Crippen molar-refractivity contribution in [2.24, 2.45) is 0 Å². The van der Waals surface area contributed by atoms with Crippen molar-refractivity contribution in [1.82, 2.24) is 9.13 Å². The molecule has 0 amide bonds. The molecule has 0 unspecified atom stereocenters. The van der Waals surface area contributed by atoms with Crippen LogP contribution in [-0.2, 0) is 0 Å². The normalized spacial score (nSPS) is 11.5. The summed E-state index contributed by atoms with van der Waals surface area (Å²) in [4.78, 5) is 51.5. The van der Waals surface area contributed by atoms with Gasteiger partial charge < -0.3 is 10.2 Å². The molecule has 0 aliphatic heterocycles. The number of hydrogen-bond acceptors (Lipinski definition) is 6. The van der Waals surface area contributed by atoms with E-state index in [0.29, 0.717) is 0 Å². The van der Waals surface area contributed by atoms with E-state index in [2.05, 4.69) is 0 Å². The first-order chi connectivity index (χ1) is 14.4. The average Bonchev–Trinajstić information content (AvgIpc) is 3.11. The van der Waals surface area contributed by atoms with Crippen LogP contribution in [0.3, 0.4) is 0 Å². The van der Waals surface area contributed by atoms with E-state index in [0.717, 1.165) is 9.13 Å². The third-order valence-electron chi connectivity index (χ3n) is 5.07. The van der Waals surface area contributed by atoms with Crippen molar-refractivity contribution in [2.45, 2.75) is 0 Å². The molecule has 0 bridgehead atoms. The predicted octanol–water partition coefficient (Wildman–Crippen LogP) is 1.30. The number of phenols is 2. The highest BCUT2D eigenvalue weighted by Gasteiger charge is 2.21. The van der Waals surface area contributed by atoms with E-state index in [4.69, 9.17) is 0 Å². The molecule has 5 aromatic rings. The minimum Gasteiger partial charge on any atom is -0.508 e. The lowest BCUT2D eigenvalue weighted by Gasteiger charge is -2.00. The van der Waals surface area contributed by atoms with Crippen LogP contribution in [-0.4, -0.2) is 19.3 Å². The summed E-state index contributed by atoms with van der Waals surface area (Å²) in [5, 5.41) is 19.3. The topological polar surface area (TPSA) is 119 Å². The van der Waals surface area contributed by atoms with Gasteiger partial charge in [-0.05, 0) is 36.4 Å². The van der Waals surface area contributed by atoms with Crippen LogP contribution >= 0.6 is 0 Å². The van der Waals surface area contributed by atoms with Crippen LogP contribution < -0.4 is 22.2 Å². The maximum Gasteiger partial charge on any atom is 0.266 e. The first kappa shape index (κ1) is 17.6. The van der Waals surface area contributed by atoms with Crippen molar-refractivity contribution >= 4 is 21.5 Å². The van der Waals surface area contributed by atoms with Crippen LogP contribution in [0.4, 0.5) is 0 Å². The number of rotatable bonds is 2. The van der Waals surface area contributed by atoms with E-state index in [1.54, 1.807) is 0 Å². The third-order valence-corrected chi connectivity index (χ3v) is 5.07. The number of hydrogen-bond donors (Lipinski definition) is 2. The van der Waals surface area contributed by atoms with Crippen LogP contribution in [0.1, 0.15) is 0 Å². The second-order valence-electron chi connectivity index (χ2n) is 6.87. The fourth-order valence-corrected chi connectivity index (χ4v) is 3.71. The average molecular weight is 400 g/mol. The SMILES string of the molecule is O=c1c2cc3c(=O)n(-c4cccc(O)c4)c(=O)c3cc2c(=O)n1-c1cccc(O)c1. The Morgan fingerprint density at radius 3 is 1.13 bits per heavy atom. The molecule has 0 saturated carbocycles. The maximum absolute atomic E-state index is 12.9. The molecule has 0 saturated heterocycles. The standard InChI is InChI=1S/C22H12N2O6/c25-13-5-1-3-11(7-13)23-19(27)15-9-17-18(10-16(15)20(23)28)22(30)24(21(17)29)12-4-2-6-14(26)8-12/h1-10,25-26H. The molecule has 0 aliphatic rings. The van der Waals surface area contributed by atoms with Gasteiger partial charge in [-0.1, -0.05) is 12.1 Å². The van der Waals surface area contributed by atoms with Crippen LogP contribution in [0, 0.1) is 0 Å². The fraction of sp³-hybridized carbons (Fsp3) is 0. The van der Waals surface area contributed by atoms with Gasteiger partial charge in [0.15, 0.2) is 0 Å². The molecule has 0 spiro atoms. The van der Waals surface area contributed by atoms with E-state index in [-0.39, 0.29) is 44.4 Å². The summed E-state index contributed by atoms with van der Waals surface area (Å²) in [7, 11) is 0. The van der Waals surface area contributed by atoms with Crippen LogP contribution in [0.2, 0.25) is 0 Å². The van der Waals surface area contributed by atoms with Gasteiger partial charge in [0.2, 0.25) is 0 Å². The summed E-state index contributed by atoms with van der Waals surface area (Å²) < 4.78 is 1.78. The van der Waals surface area contributed by atoms with E-state index in [1.165, 1.54) is 60.7 Å². The van der Waals surface area contributed by atoms with E-state index in [1.807, 2.05) is 0 Å². The van der Waals surface area contributed by atoms with Crippen LogP contribution in [0.15, 0.2) is 79.8 Å². The molecule has 8 nitrogen and oxygen atoms in total. The Hall–Kier alpha value is -4.46. The molecule has 0 aliphatic carbocycles. The zero-order chi connectivity index (χ0) is 21.2. The maximum atomic E-state index is 12.9. The van der Waals surface area contributed by atoms with E-state index in [9.17, 15) is 29.4 Å². The van der Waals surface area contributed by atoms with E-state index >= 15 is 0 Å². The number of aromatic nitrogens is 2. The van der Waals surface area contributed by atoms with Gasteiger partial charge in [-0.2, -0.15) is 0 Å². The first-order valence-corrected chi connectivity index (χ1v) is 8.90. The van der Waals surface area contributed by atoms with Gasteiger partial charge in [0.1, 0.15) is 11.5 Å². The lowest BCUT2D eigenvalue weighted by atomic mass is 10.1. The molecule has 5 rings (SSSR count). The minimum atomic E-state index is -0.653. The Labute approximate surface area is 166 Å². The lowest BCUT2D eigenvalue weighted by molar-refractivity contribution is 0.474. The van der Waals surface area contributed by atoms with Gasteiger partial charge in [-0.15, -0.1) is 0 Å². The van der Waals surface area contributed by atoms with Crippen molar-refractivity contribution in [1.29, 1.82) is 0 Å². The van der Waals surface area contributed by atoms with Crippen molar-refractivity contribution < 1.29 is 10.2 Å². The Morgan fingerprint density at radius 1 is 0.500 bits per heavy atom. The zero-order valence-corrected chi connectivity index (χ0v) is 15.2. The highest BCUT2D eigenvalue weighted by Crippen LogP contribution is 2.19. The first-order valence-electron chi connectivity index (χ1n) is 8.90. The number of aromatic hydroxyl groups is 2. The summed E-state index contributed by atoms with van der Waals surface area (Å²) in [5.41, 5.74) is -2.25. The second-order valence-corrected chi connectivity index (χ2v) is 6.87. The highest BCUT2D eigenvalue weighted by atomic mass is 16.3. The highest BCUT2D eigenvalue weighted by molar-refractivity contribution is 5.98. The number of nitrogens with zero attached hydrogens (tertiary/aromatic N) is 2. The largest absolute Gasteiger partial charge is 0.508 e. The predicted molar refractivity (Wildman–Crippen MR) is 111 cm³/mol. The Morgan fingerprint density at radius 2 is 0.833 bits per heavy atom. The van der Waals surface area contributed by atoms with Crippen molar-refractivity contribution in [3.63, 3.8) is 0 Å². The summed E-state index contributed by atoms with van der Waals surface area (Å²) in [6.07, 6.45) is 0. The zero-order valence-electron chi connectivity index (χ0n) is 15.2. The van der Waals surface area contributed by atoms with Gasteiger partial charge in [-0.25, -0.2) is 9.13 Å². The molecule has 0 radical (unpaired) electrons. The lowest BCUT2D eigenvalue weighted by Crippen LogP contribution is -2.24. The van der Waals surface area contributed by atoms with Crippen LogP contribution in [0.25, 0.3) is 32.9 Å². The third kappa shape index (κ3) is 2.34. The second kappa shape index (κ2) is 6.02. The molecule has 0 fully saturated rings. The number of benzene rings is 3. The summed E-state index contributed by atoms with van der Waals surface area (Å²) >= 11 is 0. The van der Waals surface area contributed by atoms with E-state index < -0.39 is 22.2 Å². The number of phenolic OH excluding ortho intramolecular Hbond substituents is 2. The molecule has 0 atom stereocenters. The molecule has 30 heavy (non-hydrogen) atoms. The van der Waals surface area contributed by atoms with Gasteiger partial charge in [0, 0.05) is 12.1 Å². The summed E-state index contributed by atoms with van der Waals surface area (Å²) in [6.45, 7) is 0. The van der Waals surface area contributed by atoms with Gasteiger partial charge in [0.25, 0.3) is 22.2 Å². The molecular formula is C22H12N2O6. The van der Waals surface area contributed by atoms with Gasteiger partial charge >= 0.3 is 0 Å². The minimum absolute atomic E-state index is 0.000928. The Balaban J connectivity index is 1.86. The summed E-state index contributed by atoms with van der Waals surface area (Å²) in [5.74, 6) is -0.225. The molecular weight excluding hydrogens is 388 g/mol. The van der Waals surface area contributed by atoms with Crippen molar-refractivity contribution in [3.8, 4) is 22.9 Å². The van der Waals surface area contributed by atoms with Crippen molar-refractivity contribution in [3.05, 3.63) is 102 Å². The molecule has 2 N–H and O–H groups in total. The molecule has 146 valence electrons. The Bertz CT molecular complexity index is 1500. The molecule has 8 heteroatoms. The fourth-order valence-electron chi connectivity index (χ4n) is 3.71.